The fraction of sp³-hybridized carbons (Fsp3) is 0.312. The van der Waals surface area contributed by atoms with Crippen LogP contribution in [0.2, 0.25) is 0 Å². The van der Waals surface area contributed by atoms with Crippen LogP contribution in [0.5, 0.6) is 0 Å². The summed E-state index contributed by atoms with van der Waals surface area (Å²) < 4.78 is 0. The van der Waals surface area contributed by atoms with Gasteiger partial charge in [0.25, 0.3) is 0 Å². The molecule has 5 aromatic rings. The van der Waals surface area contributed by atoms with Crippen LogP contribution in [0.15, 0.2) is 72.8 Å². The monoisotopic (exact) mass is 418 g/mol. The van der Waals surface area contributed by atoms with Gasteiger partial charge in [-0.05, 0) is 116 Å². The van der Waals surface area contributed by atoms with Gasteiger partial charge in [0.05, 0.1) is 0 Å². The van der Waals surface area contributed by atoms with Crippen molar-refractivity contribution in [2.45, 2.75) is 65.2 Å². The third-order valence-electron chi connectivity index (χ3n) is 6.97. The summed E-state index contributed by atoms with van der Waals surface area (Å²) in [6, 6.07) is 28.3. The van der Waals surface area contributed by atoms with Crippen LogP contribution < -0.4 is 0 Å². The van der Waals surface area contributed by atoms with Gasteiger partial charge in [-0.1, -0.05) is 75.9 Å². The first-order valence-electron chi connectivity index (χ1n) is 12.6. The molecule has 0 N–H and O–H groups in total. The number of aryl methyl sites for hydroxylation is 2. The molecule has 162 valence electrons. The summed E-state index contributed by atoms with van der Waals surface area (Å²) in [5, 5.41) is 10.8. The molecule has 0 heterocycles. The van der Waals surface area contributed by atoms with Crippen molar-refractivity contribution < 1.29 is 0 Å². The summed E-state index contributed by atoms with van der Waals surface area (Å²) in [4.78, 5) is 0. The van der Waals surface area contributed by atoms with E-state index in [-0.39, 0.29) is 0 Å². The topological polar surface area (TPSA) is 0 Å². The van der Waals surface area contributed by atoms with E-state index < -0.39 is 0 Å². The van der Waals surface area contributed by atoms with E-state index in [9.17, 15) is 0 Å². The Labute approximate surface area is 192 Å². The van der Waals surface area contributed by atoms with E-state index in [1.54, 1.807) is 0 Å². The maximum Gasteiger partial charge on any atom is -0.0171 e. The first-order chi connectivity index (χ1) is 15.7. The lowest BCUT2D eigenvalue weighted by atomic mass is 9.95. The van der Waals surface area contributed by atoms with Gasteiger partial charge >= 0.3 is 0 Å². The van der Waals surface area contributed by atoms with Crippen LogP contribution in [0, 0.1) is 0 Å². The zero-order valence-electron chi connectivity index (χ0n) is 19.6. The minimum Gasteiger partial charge on any atom is -0.0654 e. The van der Waals surface area contributed by atoms with Crippen molar-refractivity contribution in [3.8, 4) is 0 Å². The molecule has 0 aliphatic heterocycles. The van der Waals surface area contributed by atoms with Crippen molar-refractivity contribution in [3.63, 3.8) is 0 Å². The first-order valence-corrected chi connectivity index (χ1v) is 12.6. The molecule has 0 heteroatoms. The van der Waals surface area contributed by atoms with Crippen molar-refractivity contribution in [1.82, 2.24) is 0 Å². The quantitative estimate of drug-likeness (QED) is 0.174. The van der Waals surface area contributed by atoms with Gasteiger partial charge in [0.1, 0.15) is 0 Å². The second-order valence-electron chi connectivity index (χ2n) is 9.53. The lowest BCUT2D eigenvalue weighted by Gasteiger charge is -2.09. The van der Waals surface area contributed by atoms with E-state index in [0.717, 1.165) is 0 Å². The molecule has 0 aliphatic rings. The largest absolute Gasteiger partial charge is 0.0654 e. The minimum absolute atomic E-state index is 1.19. The Morgan fingerprint density at radius 3 is 1.09 bits per heavy atom. The van der Waals surface area contributed by atoms with Gasteiger partial charge in [0.2, 0.25) is 0 Å². The van der Waals surface area contributed by atoms with E-state index in [4.69, 9.17) is 0 Å². The Morgan fingerprint density at radius 2 is 0.719 bits per heavy atom. The Bertz CT molecular complexity index is 1280. The molecular formula is C32H34. The molecule has 5 aromatic carbocycles. The Morgan fingerprint density at radius 1 is 0.375 bits per heavy atom. The fourth-order valence-electron chi connectivity index (χ4n) is 5.07. The van der Waals surface area contributed by atoms with Gasteiger partial charge in [-0.15, -0.1) is 0 Å². The molecule has 0 saturated carbocycles. The maximum absolute atomic E-state index is 2.40. The number of rotatable bonds is 8. The van der Waals surface area contributed by atoms with Gasteiger partial charge in [-0.2, -0.15) is 0 Å². The van der Waals surface area contributed by atoms with Gasteiger partial charge in [0.15, 0.2) is 0 Å². The Balaban J connectivity index is 1.54. The lowest BCUT2D eigenvalue weighted by Crippen LogP contribution is -1.87. The molecule has 5 rings (SSSR count). The van der Waals surface area contributed by atoms with Crippen molar-refractivity contribution >= 4 is 43.1 Å². The second kappa shape index (κ2) is 9.33. The Kier molecular flexibility index (Phi) is 6.12. The fourth-order valence-corrected chi connectivity index (χ4v) is 5.07. The zero-order valence-corrected chi connectivity index (χ0v) is 19.6. The van der Waals surface area contributed by atoms with Crippen molar-refractivity contribution in [2.24, 2.45) is 0 Å². The summed E-state index contributed by atoms with van der Waals surface area (Å²) in [5.74, 6) is 0. The molecule has 0 saturated heterocycles. The highest BCUT2D eigenvalue weighted by molar-refractivity contribution is 6.08. The van der Waals surface area contributed by atoms with Crippen LogP contribution in [0.1, 0.15) is 63.5 Å². The normalized spacial score (nSPS) is 11.8. The van der Waals surface area contributed by atoms with Gasteiger partial charge in [-0.3, -0.25) is 0 Å². The standard InChI is InChI=1S/C32H34/c1-3-5-7-9-23-11-13-25-17-29-22-32-20-28-16-24(10-8-6-4-2)12-14-26(28)18-30(32)21-31(29)19-27(25)15-23/h11-22H,3-10H2,1-2H3. The van der Waals surface area contributed by atoms with Crippen LogP contribution in [0.4, 0.5) is 0 Å². The highest BCUT2D eigenvalue weighted by Gasteiger charge is 2.05. The number of fused-ring (bicyclic) bond motifs is 4. The van der Waals surface area contributed by atoms with Gasteiger partial charge in [-0.25, -0.2) is 0 Å². The average molecular weight is 419 g/mol. The SMILES string of the molecule is CCCCCc1ccc2cc3cc4cc5cc(CCCCC)ccc5cc4cc3cc2c1. The number of unbranched alkanes of at least 4 members (excludes halogenated alkanes) is 4. The number of benzene rings is 5. The smallest absolute Gasteiger partial charge is 0.0171 e. The van der Waals surface area contributed by atoms with Crippen LogP contribution in [0.25, 0.3) is 43.1 Å². The lowest BCUT2D eigenvalue weighted by molar-refractivity contribution is 0.718. The molecule has 0 aliphatic carbocycles. The second-order valence-corrected chi connectivity index (χ2v) is 9.53. The minimum atomic E-state index is 1.19. The summed E-state index contributed by atoms with van der Waals surface area (Å²) in [6.07, 6.45) is 10.1. The van der Waals surface area contributed by atoms with E-state index >= 15 is 0 Å². The predicted molar refractivity (Wildman–Crippen MR) is 143 cm³/mol. The molecule has 0 unspecified atom stereocenters. The summed E-state index contributed by atoms with van der Waals surface area (Å²) in [5.41, 5.74) is 2.93. The van der Waals surface area contributed by atoms with Crippen molar-refractivity contribution in [3.05, 3.63) is 83.9 Å². The molecule has 0 amide bonds. The summed E-state index contributed by atoms with van der Waals surface area (Å²) >= 11 is 0. The van der Waals surface area contributed by atoms with Crippen LogP contribution in [-0.4, -0.2) is 0 Å². The third kappa shape index (κ3) is 4.37. The van der Waals surface area contributed by atoms with Crippen LogP contribution in [0.3, 0.4) is 0 Å². The molecule has 0 spiro atoms. The highest BCUT2D eigenvalue weighted by atomic mass is 14.1. The van der Waals surface area contributed by atoms with Crippen LogP contribution >= 0.6 is 0 Å². The molecule has 0 fully saturated rings. The van der Waals surface area contributed by atoms with E-state index in [1.165, 1.54) is 106 Å². The third-order valence-corrected chi connectivity index (χ3v) is 6.97. The van der Waals surface area contributed by atoms with Crippen LogP contribution in [-0.2, 0) is 12.8 Å². The zero-order chi connectivity index (χ0) is 21.9. The molecule has 0 aromatic heterocycles. The van der Waals surface area contributed by atoms with Crippen molar-refractivity contribution in [2.75, 3.05) is 0 Å². The van der Waals surface area contributed by atoms with Gasteiger partial charge < -0.3 is 0 Å². The maximum atomic E-state index is 2.40. The molecule has 0 atom stereocenters. The molecular weight excluding hydrogens is 384 g/mol. The molecule has 32 heavy (non-hydrogen) atoms. The van der Waals surface area contributed by atoms with E-state index in [1.807, 2.05) is 0 Å². The van der Waals surface area contributed by atoms with Crippen molar-refractivity contribution in [1.29, 1.82) is 0 Å². The Hall–Kier alpha value is -2.86. The van der Waals surface area contributed by atoms with E-state index in [2.05, 4.69) is 86.6 Å². The highest BCUT2D eigenvalue weighted by Crippen LogP contribution is 2.31. The van der Waals surface area contributed by atoms with Gasteiger partial charge in [0, 0.05) is 0 Å². The number of hydrogen-bond donors (Lipinski definition) is 0. The molecule has 0 radical (unpaired) electrons. The number of hydrogen-bond acceptors (Lipinski definition) is 0. The molecule has 0 nitrogen and oxygen atoms in total. The summed E-state index contributed by atoms with van der Waals surface area (Å²) in [6.45, 7) is 4.54. The summed E-state index contributed by atoms with van der Waals surface area (Å²) in [7, 11) is 0. The predicted octanol–water partition coefficient (Wildman–Crippen LogP) is 9.76. The van der Waals surface area contributed by atoms with E-state index in [0.29, 0.717) is 0 Å². The first kappa shape index (κ1) is 21.0. The molecule has 0 bridgehead atoms. The average Bonchev–Trinajstić information content (AvgIpc) is 2.80.